The van der Waals surface area contributed by atoms with E-state index in [1.165, 1.54) is 12.1 Å². The summed E-state index contributed by atoms with van der Waals surface area (Å²) in [7, 11) is 1.57. The molecule has 1 aliphatic heterocycles. The first-order chi connectivity index (χ1) is 17.8. The van der Waals surface area contributed by atoms with Gasteiger partial charge in [-0.1, -0.05) is 24.3 Å². The number of carbonyl (C=O) groups excluding carboxylic acids is 1. The summed E-state index contributed by atoms with van der Waals surface area (Å²) in [4.78, 5) is 15.4. The monoisotopic (exact) mass is 501 g/mol. The Kier molecular flexibility index (Phi) is 6.33. The van der Waals surface area contributed by atoms with Crippen molar-refractivity contribution in [3.05, 3.63) is 93.9 Å². The summed E-state index contributed by atoms with van der Waals surface area (Å²) in [5, 5.41) is 18.3. The molecule has 2 heterocycles. The van der Waals surface area contributed by atoms with Gasteiger partial charge in [0, 0.05) is 17.7 Å². The quantitative estimate of drug-likeness (QED) is 0.340. The van der Waals surface area contributed by atoms with Crippen LogP contribution in [0.1, 0.15) is 51.3 Å². The lowest BCUT2D eigenvalue weighted by molar-refractivity contribution is 0.0730. The molecule has 8 heteroatoms. The number of nitrogens with one attached hydrogen (secondary N) is 1. The van der Waals surface area contributed by atoms with E-state index in [1.807, 2.05) is 51.1 Å². The van der Waals surface area contributed by atoms with Gasteiger partial charge in [-0.25, -0.2) is 4.39 Å². The van der Waals surface area contributed by atoms with Crippen LogP contribution in [0.3, 0.4) is 0 Å². The van der Waals surface area contributed by atoms with E-state index < -0.39 is 6.04 Å². The molecule has 5 rings (SSSR count). The molecule has 190 valence electrons. The highest BCUT2D eigenvalue weighted by Crippen LogP contribution is 2.47. The number of phenols is 1. The molecule has 0 bridgehead atoms. The van der Waals surface area contributed by atoms with E-state index in [-0.39, 0.29) is 24.0 Å². The van der Waals surface area contributed by atoms with Crippen LogP contribution in [0.4, 0.5) is 4.39 Å². The SMILES string of the molecule is CCOc1ccc(C2c3c(-c4cc(C)cc(C)c4O)n[nH]c3C(=O)N2Cc2ccc(F)cc2)cc1OC. The number of aromatic amines is 1. The van der Waals surface area contributed by atoms with Crippen molar-refractivity contribution in [2.75, 3.05) is 13.7 Å². The number of halogens is 1. The largest absolute Gasteiger partial charge is 0.507 e. The summed E-state index contributed by atoms with van der Waals surface area (Å²) in [6.45, 7) is 6.41. The van der Waals surface area contributed by atoms with Crippen LogP contribution in [0.2, 0.25) is 0 Å². The predicted molar refractivity (Wildman–Crippen MR) is 137 cm³/mol. The summed E-state index contributed by atoms with van der Waals surface area (Å²) in [5.41, 5.74) is 5.34. The Morgan fingerprint density at radius 2 is 1.84 bits per heavy atom. The fourth-order valence-electron chi connectivity index (χ4n) is 4.97. The van der Waals surface area contributed by atoms with Crippen molar-refractivity contribution in [1.29, 1.82) is 0 Å². The Morgan fingerprint density at radius 1 is 1.08 bits per heavy atom. The fraction of sp³-hybridized carbons (Fsp3) is 0.241. The number of benzene rings is 3. The van der Waals surface area contributed by atoms with Crippen LogP contribution in [0.5, 0.6) is 17.2 Å². The van der Waals surface area contributed by atoms with Crippen LogP contribution in [0, 0.1) is 19.7 Å². The average Bonchev–Trinajstić information content (AvgIpc) is 3.42. The normalized spacial score (nSPS) is 14.7. The number of aromatic nitrogens is 2. The van der Waals surface area contributed by atoms with Crippen LogP contribution >= 0.6 is 0 Å². The number of aromatic hydroxyl groups is 1. The number of aryl methyl sites for hydroxylation is 2. The Hall–Kier alpha value is -4.33. The lowest BCUT2D eigenvalue weighted by Crippen LogP contribution is -2.29. The van der Waals surface area contributed by atoms with Crippen LogP contribution in [0.25, 0.3) is 11.3 Å². The topological polar surface area (TPSA) is 87.7 Å². The van der Waals surface area contributed by atoms with E-state index in [9.17, 15) is 14.3 Å². The number of carbonyl (C=O) groups is 1. The Labute approximate surface area is 214 Å². The summed E-state index contributed by atoms with van der Waals surface area (Å²) in [6, 6.07) is 14.9. The molecule has 37 heavy (non-hydrogen) atoms. The molecule has 4 aromatic rings. The van der Waals surface area contributed by atoms with Crippen molar-refractivity contribution in [3.63, 3.8) is 0 Å². The maximum atomic E-state index is 13.7. The van der Waals surface area contributed by atoms with Gasteiger partial charge in [0.15, 0.2) is 11.5 Å². The first-order valence-corrected chi connectivity index (χ1v) is 12.1. The van der Waals surface area contributed by atoms with Gasteiger partial charge in [0.1, 0.15) is 23.0 Å². The standard InChI is InChI=1S/C29H28FN3O4/c1-5-37-22-11-8-19(14-23(22)36-4)27-24-25(21-13-16(2)12-17(3)28(21)34)31-32-26(24)29(35)33(27)15-18-6-9-20(30)10-7-18/h6-14,27,34H,5,15H2,1-4H3,(H,31,32). The van der Waals surface area contributed by atoms with Gasteiger partial charge < -0.3 is 19.5 Å². The van der Waals surface area contributed by atoms with Crippen LogP contribution in [-0.2, 0) is 6.54 Å². The number of ether oxygens (including phenoxy) is 2. The second kappa shape index (κ2) is 9.61. The van der Waals surface area contributed by atoms with Crippen molar-refractivity contribution >= 4 is 5.91 Å². The van der Waals surface area contributed by atoms with Crippen molar-refractivity contribution in [1.82, 2.24) is 15.1 Å². The van der Waals surface area contributed by atoms with Gasteiger partial charge in [0.2, 0.25) is 0 Å². The zero-order valence-corrected chi connectivity index (χ0v) is 21.1. The average molecular weight is 502 g/mol. The van der Waals surface area contributed by atoms with E-state index in [2.05, 4.69) is 10.2 Å². The minimum Gasteiger partial charge on any atom is -0.507 e. The van der Waals surface area contributed by atoms with E-state index >= 15 is 0 Å². The molecule has 3 aromatic carbocycles. The van der Waals surface area contributed by atoms with Crippen LogP contribution in [-0.4, -0.2) is 39.8 Å². The molecule has 7 nitrogen and oxygen atoms in total. The summed E-state index contributed by atoms with van der Waals surface area (Å²) < 4.78 is 24.9. The maximum Gasteiger partial charge on any atom is 0.273 e. The van der Waals surface area contributed by atoms with Gasteiger partial charge in [-0.15, -0.1) is 0 Å². The number of fused-ring (bicyclic) bond motifs is 1. The van der Waals surface area contributed by atoms with E-state index in [4.69, 9.17) is 9.47 Å². The smallest absolute Gasteiger partial charge is 0.273 e. The first kappa shape index (κ1) is 24.4. The number of methoxy groups -OCH3 is 1. The minimum atomic E-state index is -0.536. The molecule has 0 saturated carbocycles. The third kappa shape index (κ3) is 4.28. The number of rotatable bonds is 7. The minimum absolute atomic E-state index is 0.118. The highest BCUT2D eigenvalue weighted by Gasteiger charge is 2.43. The molecule has 1 atom stereocenters. The third-order valence-corrected chi connectivity index (χ3v) is 6.63. The van der Waals surface area contributed by atoms with Gasteiger partial charge in [-0.05, 0) is 73.4 Å². The van der Waals surface area contributed by atoms with E-state index in [0.29, 0.717) is 40.6 Å². The van der Waals surface area contributed by atoms with Gasteiger partial charge in [-0.3, -0.25) is 9.89 Å². The van der Waals surface area contributed by atoms with Crippen molar-refractivity contribution in [2.24, 2.45) is 0 Å². The zero-order chi connectivity index (χ0) is 26.3. The Bertz CT molecular complexity index is 1480. The van der Waals surface area contributed by atoms with Crippen molar-refractivity contribution in [2.45, 2.75) is 33.4 Å². The number of amides is 1. The van der Waals surface area contributed by atoms with Crippen LogP contribution < -0.4 is 9.47 Å². The molecular formula is C29H28FN3O4. The summed E-state index contributed by atoms with van der Waals surface area (Å²) >= 11 is 0. The number of hydrogen-bond donors (Lipinski definition) is 2. The van der Waals surface area contributed by atoms with Gasteiger partial charge in [0.05, 0.1) is 19.8 Å². The highest BCUT2D eigenvalue weighted by atomic mass is 19.1. The predicted octanol–water partition coefficient (Wildman–Crippen LogP) is 5.69. The summed E-state index contributed by atoms with van der Waals surface area (Å²) in [6.07, 6.45) is 0. The molecule has 0 spiro atoms. The zero-order valence-electron chi connectivity index (χ0n) is 21.1. The van der Waals surface area contributed by atoms with Crippen molar-refractivity contribution < 1.29 is 23.8 Å². The number of H-pyrrole nitrogens is 1. The molecule has 0 fully saturated rings. The molecule has 0 aliphatic carbocycles. The molecule has 2 N–H and O–H groups in total. The molecule has 1 aromatic heterocycles. The van der Waals surface area contributed by atoms with Gasteiger partial charge in [-0.2, -0.15) is 5.10 Å². The fourth-order valence-corrected chi connectivity index (χ4v) is 4.97. The molecule has 0 radical (unpaired) electrons. The van der Waals surface area contributed by atoms with Crippen molar-refractivity contribution in [3.8, 4) is 28.5 Å². The summed E-state index contributed by atoms with van der Waals surface area (Å²) in [5.74, 6) is 0.683. The molecular weight excluding hydrogens is 473 g/mol. The van der Waals surface area contributed by atoms with E-state index in [0.717, 1.165) is 22.3 Å². The highest BCUT2D eigenvalue weighted by molar-refractivity contribution is 6.00. The second-order valence-electron chi connectivity index (χ2n) is 9.14. The molecule has 1 unspecified atom stereocenters. The number of nitrogens with zero attached hydrogens (tertiary/aromatic N) is 2. The molecule has 1 aliphatic rings. The second-order valence-corrected chi connectivity index (χ2v) is 9.14. The Balaban J connectivity index is 1.69. The van der Waals surface area contributed by atoms with Gasteiger partial charge >= 0.3 is 0 Å². The molecule has 1 amide bonds. The van der Waals surface area contributed by atoms with Crippen LogP contribution in [0.15, 0.2) is 54.6 Å². The van der Waals surface area contributed by atoms with Gasteiger partial charge in [0.25, 0.3) is 5.91 Å². The first-order valence-electron chi connectivity index (χ1n) is 12.1. The maximum absolute atomic E-state index is 13.7. The lowest BCUT2D eigenvalue weighted by Gasteiger charge is -2.27. The third-order valence-electron chi connectivity index (χ3n) is 6.63. The lowest BCUT2D eigenvalue weighted by atomic mass is 9.93. The Morgan fingerprint density at radius 3 is 2.54 bits per heavy atom. The molecule has 0 saturated heterocycles. The number of hydrogen-bond acceptors (Lipinski definition) is 5. The van der Waals surface area contributed by atoms with E-state index in [1.54, 1.807) is 24.1 Å². The number of phenolic OH excluding ortho intramolecular Hbond substituents is 1.